The number of hydrogen-bond donors (Lipinski definition) is 1. The molecule has 0 unspecified atom stereocenters. The van der Waals surface area contributed by atoms with Crippen molar-refractivity contribution in [3.63, 3.8) is 0 Å². The van der Waals surface area contributed by atoms with Gasteiger partial charge in [0.25, 0.3) is 0 Å². The lowest BCUT2D eigenvalue weighted by Crippen LogP contribution is -2.14. The van der Waals surface area contributed by atoms with Gasteiger partial charge in [0.05, 0.1) is 11.8 Å². The summed E-state index contributed by atoms with van der Waals surface area (Å²) in [5.41, 5.74) is 3.77. The van der Waals surface area contributed by atoms with Gasteiger partial charge >= 0.3 is 0 Å². The van der Waals surface area contributed by atoms with Crippen LogP contribution in [0.2, 0.25) is 0 Å². The van der Waals surface area contributed by atoms with Gasteiger partial charge in [0.2, 0.25) is 0 Å². The molecule has 1 aliphatic carbocycles. The van der Waals surface area contributed by atoms with E-state index in [4.69, 9.17) is 4.99 Å². The first-order chi connectivity index (χ1) is 9.92. The monoisotopic (exact) mass is 268 g/mol. The maximum Gasteiger partial charge on any atom is 0.0667 e. The minimum atomic E-state index is 0.525. The Kier molecular flexibility index (Phi) is 4.52. The summed E-state index contributed by atoms with van der Waals surface area (Å²) in [5, 5.41) is 3.47. The first-order valence-corrected chi connectivity index (χ1v) is 7.99. The molecule has 1 saturated heterocycles. The third-order valence-corrected chi connectivity index (χ3v) is 4.25. The Morgan fingerprint density at radius 3 is 2.55 bits per heavy atom. The number of hydrogen-bond acceptors (Lipinski definition) is 2. The number of benzene rings is 1. The highest BCUT2D eigenvalue weighted by Crippen LogP contribution is 2.22. The van der Waals surface area contributed by atoms with Crippen LogP contribution < -0.4 is 5.32 Å². The highest BCUT2D eigenvalue weighted by Gasteiger charge is 2.14. The van der Waals surface area contributed by atoms with Crippen LogP contribution in [0.5, 0.6) is 0 Å². The fourth-order valence-electron chi connectivity index (χ4n) is 3.12. The van der Waals surface area contributed by atoms with Crippen LogP contribution in [0, 0.1) is 0 Å². The Balaban J connectivity index is 1.86. The van der Waals surface area contributed by atoms with Crippen molar-refractivity contribution < 1.29 is 0 Å². The van der Waals surface area contributed by atoms with Crippen molar-refractivity contribution in [2.24, 2.45) is 4.99 Å². The third-order valence-electron chi connectivity index (χ3n) is 4.25. The summed E-state index contributed by atoms with van der Waals surface area (Å²) < 4.78 is 0. The van der Waals surface area contributed by atoms with E-state index in [-0.39, 0.29) is 0 Å². The molecule has 0 aromatic heterocycles. The SMILES string of the molecule is C(=C1\CCCN1)/C(=N/C1CCCCC1)c1ccccc1. The fourth-order valence-corrected chi connectivity index (χ4v) is 3.12. The summed E-state index contributed by atoms with van der Waals surface area (Å²) in [6, 6.07) is 11.2. The van der Waals surface area contributed by atoms with Crippen LogP contribution in [-0.2, 0) is 0 Å². The van der Waals surface area contributed by atoms with Gasteiger partial charge in [-0.25, -0.2) is 0 Å². The van der Waals surface area contributed by atoms with Crippen LogP contribution in [0.1, 0.15) is 50.5 Å². The summed E-state index contributed by atoms with van der Waals surface area (Å²) in [4.78, 5) is 5.07. The highest BCUT2D eigenvalue weighted by atomic mass is 14.9. The lowest BCUT2D eigenvalue weighted by molar-refractivity contribution is 0.444. The van der Waals surface area contributed by atoms with Crippen molar-refractivity contribution in [1.82, 2.24) is 5.32 Å². The molecule has 1 saturated carbocycles. The van der Waals surface area contributed by atoms with Gasteiger partial charge in [-0.2, -0.15) is 0 Å². The molecule has 0 atom stereocenters. The van der Waals surface area contributed by atoms with E-state index in [9.17, 15) is 0 Å². The van der Waals surface area contributed by atoms with Gasteiger partial charge < -0.3 is 5.32 Å². The van der Waals surface area contributed by atoms with Gasteiger partial charge in [-0.05, 0) is 37.3 Å². The van der Waals surface area contributed by atoms with Crippen molar-refractivity contribution in [2.45, 2.75) is 51.0 Å². The van der Waals surface area contributed by atoms with Crippen LogP contribution in [0.25, 0.3) is 0 Å². The average Bonchev–Trinajstić information content (AvgIpc) is 3.02. The molecule has 0 radical (unpaired) electrons. The first-order valence-electron chi connectivity index (χ1n) is 7.99. The van der Waals surface area contributed by atoms with E-state index in [0.717, 1.165) is 13.0 Å². The standard InChI is InChI=1S/C18H24N2/c1-3-8-15(9-4-1)18(14-17-12-7-13-19-17)20-16-10-5-2-6-11-16/h1,3-4,8-9,14,16,19H,2,5-7,10-13H2/b17-14-,20-18-. The Bertz CT molecular complexity index is 473. The smallest absolute Gasteiger partial charge is 0.0667 e. The minimum absolute atomic E-state index is 0.525. The largest absolute Gasteiger partial charge is 0.388 e. The van der Waals surface area contributed by atoms with E-state index < -0.39 is 0 Å². The third kappa shape index (κ3) is 3.50. The molecule has 3 rings (SSSR count). The molecule has 20 heavy (non-hydrogen) atoms. The highest BCUT2D eigenvalue weighted by molar-refractivity contribution is 6.09. The normalized spacial score (nSPS) is 23.0. The molecule has 2 heteroatoms. The van der Waals surface area contributed by atoms with Gasteiger partial charge in [0.1, 0.15) is 0 Å². The lowest BCUT2D eigenvalue weighted by atomic mass is 9.95. The van der Waals surface area contributed by atoms with E-state index in [0.29, 0.717) is 6.04 Å². The summed E-state index contributed by atoms with van der Waals surface area (Å²) in [6.07, 6.45) is 11.3. The van der Waals surface area contributed by atoms with E-state index >= 15 is 0 Å². The zero-order valence-corrected chi connectivity index (χ0v) is 12.1. The molecule has 1 aliphatic heterocycles. The Labute approximate surface area is 122 Å². The van der Waals surface area contributed by atoms with Gasteiger partial charge in [0.15, 0.2) is 0 Å². The van der Waals surface area contributed by atoms with Crippen molar-refractivity contribution in [1.29, 1.82) is 0 Å². The average molecular weight is 268 g/mol. The van der Waals surface area contributed by atoms with Crippen LogP contribution >= 0.6 is 0 Å². The van der Waals surface area contributed by atoms with E-state index in [1.807, 2.05) is 0 Å². The topological polar surface area (TPSA) is 24.4 Å². The molecule has 2 fully saturated rings. The van der Waals surface area contributed by atoms with Crippen LogP contribution in [0.4, 0.5) is 0 Å². The number of nitrogens with one attached hydrogen (secondary N) is 1. The predicted molar refractivity (Wildman–Crippen MR) is 85.2 cm³/mol. The molecule has 0 bridgehead atoms. The summed E-state index contributed by atoms with van der Waals surface area (Å²) in [7, 11) is 0. The second-order valence-corrected chi connectivity index (χ2v) is 5.87. The Morgan fingerprint density at radius 2 is 1.85 bits per heavy atom. The molecule has 0 spiro atoms. The molecular formula is C18H24N2. The maximum atomic E-state index is 5.07. The molecule has 1 N–H and O–H groups in total. The van der Waals surface area contributed by atoms with Crippen LogP contribution in [0.15, 0.2) is 47.1 Å². The number of nitrogens with zero attached hydrogens (tertiary/aromatic N) is 1. The van der Waals surface area contributed by atoms with E-state index in [1.54, 1.807) is 0 Å². The molecule has 1 aromatic rings. The quantitative estimate of drug-likeness (QED) is 0.821. The lowest BCUT2D eigenvalue weighted by Gasteiger charge is -2.19. The Hall–Kier alpha value is -1.57. The van der Waals surface area contributed by atoms with Gasteiger partial charge in [-0.15, -0.1) is 0 Å². The van der Waals surface area contributed by atoms with Crippen molar-refractivity contribution in [2.75, 3.05) is 6.54 Å². The second-order valence-electron chi connectivity index (χ2n) is 5.87. The van der Waals surface area contributed by atoms with Gasteiger partial charge in [0, 0.05) is 12.2 Å². The fraction of sp³-hybridized carbons (Fsp3) is 0.500. The minimum Gasteiger partial charge on any atom is -0.388 e. The number of aliphatic imine (C=N–C) groups is 1. The van der Waals surface area contributed by atoms with Crippen molar-refractivity contribution in [3.8, 4) is 0 Å². The molecule has 0 amide bonds. The van der Waals surface area contributed by atoms with Gasteiger partial charge in [-0.3, -0.25) is 4.99 Å². The molecule has 106 valence electrons. The number of rotatable bonds is 3. The zero-order chi connectivity index (χ0) is 13.6. The zero-order valence-electron chi connectivity index (χ0n) is 12.1. The van der Waals surface area contributed by atoms with Crippen LogP contribution in [0.3, 0.4) is 0 Å². The molecular weight excluding hydrogens is 244 g/mol. The van der Waals surface area contributed by atoms with E-state index in [1.165, 1.54) is 55.5 Å². The van der Waals surface area contributed by atoms with Crippen molar-refractivity contribution in [3.05, 3.63) is 47.7 Å². The molecule has 2 aliphatic rings. The predicted octanol–water partition coefficient (Wildman–Crippen LogP) is 4.08. The molecule has 1 aromatic carbocycles. The number of allylic oxidation sites excluding steroid dienone is 2. The maximum absolute atomic E-state index is 5.07. The summed E-state index contributed by atoms with van der Waals surface area (Å²) in [5.74, 6) is 0. The van der Waals surface area contributed by atoms with E-state index in [2.05, 4.69) is 41.7 Å². The molecule has 2 nitrogen and oxygen atoms in total. The van der Waals surface area contributed by atoms with Gasteiger partial charge in [-0.1, -0.05) is 49.6 Å². The molecule has 1 heterocycles. The second kappa shape index (κ2) is 6.74. The van der Waals surface area contributed by atoms with Crippen molar-refractivity contribution >= 4 is 5.71 Å². The summed E-state index contributed by atoms with van der Waals surface area (Å²) in [6.45, 7) is 1.11. The van der Waals surface area contributed by atoms with Crippen LogP contribution in [-0.4, -0.2) is 18.3 Å². The Morgan fingerprint density at radius 1 is 1.05 bits per heavy atom. The first kappa shape index (κ1) is 13.4. The summed E-state index contributed by atoms with van der Waals surface area (Å²) >= 11 is 0.